The zero-order valence-electron chi connectivity index (χ0n) is 20.5. The van der Waals surface area contributed by atoms with Crippen molar-refractivity contribution in [2.75, 3.05) is 38.2 Å². The molecule has 0 bridgehead atoms. The van der Waals surface area contributed by atoms with E-state index in [1.54, 1.807) is 41.1 Å². The Bertz CT molecular complexity index is 1240. The van der Waals surface area contributed by atoms with Gasteiger partial charge in [0.25, 0.3) is 5.91 Å². The van der Waals surface area contributed by atoms with Crippen molar-refractivity contribution in [1.29, 1.82) is 0 Å². The Labute approximate surface area is 219 Å². The van der Waals surface area contributed by atoms with Gasteiger partial charge in [-0.3, -0.25) is 19.4 Å². The number of aryl methyl sites for hydroxylation is 2. The van der Waals surface area contributed by atoms with E-state index in [9.17, 15) is 9.59 Å². The molecule has 3 aromatic rings. The summed E-state index contributed by atoms with van der Waals surface area (Å²) in [6.07, 6.45) is 2.20. The van der Waals surface area contributed by atoms with Crippen LogP contribution in [0.2, 0.25) is 5.02 Å². The van der Waals surface area contributed by atoms with Gasteiger partial charge in [0.05, 0.1) is 17.1 Å². The molecular formula is C26H29ClN4O4S. The maximum absolute atomic E-state index is 13.4. The monoisotopic (exact) mass is 528 g/mol. The number of nitrogens with zero attached hydrogens (tertiary/aromatic N) is 4. The van der Waals surface area contributed by atoms with E-state index in [4.69, 9.17) is 21.4 Å². The summed E-state index contributed by atoms with van der Waals surface area (Å²) in [4.78, 5) is 27.6. The van der Waals surface area contributed by atoms with Gasteiger partial charge in [0.2, 0.25) is 5.13 Å². The number of likely N-dealkylation sites (N-methyl/N-ethyl adjacent to an activating group) is 1. The number of benzene rings is 2. The fourth-order valence-electron chi connectivity index (χ4n) is 3.94. The van der Waals surface area contributed by atoms with Crippen molar-refractivity contribution >= 4 is 39.9 Å². The number of halogens is 1. The van der Waals surface area contributed by atoms with Crippen LogP contribution in [0.5, 0.6) is 5.75 Å². The molecule has 0 radical (unpaired) electrons. The molecule has 0 saturated heterocycles. The van der Waals surface area contributed by atoms with Crippen molar-refractivity contribution in [2.24, 2.45) is 5.92 Å². The number of carboxylic acid groups (broad SMARTS) is 1. The third-order valence-corrected chi connectivity index (χ3v) is 7.29. The van der Waals surface area contributed by atoms with Crippen molar-refractivity contribution in [2.45, 2.75) is 26.7 Å². The number of ether oxygens (including phenoxy) is 1. The van der Waals surface area contributed by atoms with Gasteiger partial charge >= 0.3 is 5.97 Å². The highest BCUT2D eigenvalue weighted by Gasteiger charge is 2.31. The number of anilines is 1. The van der Waals surface area contributed by atoms with Gasteiger partial charge in [-0.05, 0) is 75.0 Å². The summed E-state index contributed by atoms with van der Waals surface area (Å²) in [5.41, 5.74) is 3.26. The molecule has 0 spiro atoms. The van der Waals surface area contributed by atoms with Crippen molar-refractivity contribution in [3.05, 3.63) is 58.1 Å². The molecule has 190 valence electrons. The first-order valence-corrected chi connectivity index (χ1v) is 13.0. The highest BCUT2D eigenvalue weighted by molar-refractivity contribution is 7.18. The lowest BCUT2D eigenvalue weighted by Crippen LogP contribution is -2.33. The van der Waals surface area contributed by atoms with Crippen LogP contribution in [-0.2, 0) is 4.79 Å². The molecule has 36 heavy (non-hydrogen) atoms. The number of aliphatic carboxylic acids is 1. The highest BCUT2D eigenvalue weighted by Crippen LogP contribution is 2.37. The zero-order valence-corrected chi connectivity index (χ0v) is 22.1. The number of amides is 1. The van der Waals surface area contributed by atoms with Crippen LogP contribution < -0.4 is 9.64 Å². The fourth-order valence-corrected chi connectivity index (χ4v) is 5.00. The Balaban J connectivity index is 1.51. The summed E-state index contributed by atoms with van der Waals surface area (Å²) >= 11 is 7.69. The molecule has 1 aromatic heterocycles. The predicted molar refractivity (Wildman–Crippen MR) is 141 cm³/mol. The summed E-state index contributed by atoms with van der Waals surface area (Å²) in [5.74, 6) is 0.213. The first kappa shape index (κ1) is 26.1. The molecule has 1 N–H and O–H groups in total. The van der Waals surface area contributed by atoms with Gasteiger partial charge in [-0.15, -0.1) is 10.2 Å². The van der Waals surface area contributed by atoms with Crippen LogP contribution in [0.25, 0.3) is 10.6 Å². The topological polar surface area (TPSA) is 95.9 Å². The van der Waals surface area contributed by atoms with E-state index in [2.05, 4.69) is 10.2 Å². The van der Waals surface area contributed by atoms with Gasteiger partial charge in [-0.25, -0.2) is 0 Å². The maximum Gasteiger partial charge on any atom is 0.317 e. The lowest BCUT2D eigenvalue weighted by atomic mass is 10.1. The number of hydrogen-bond acceptors (Lipinski definition) is 7. The lowest BCUT2D eigenvalue weighted by molar-refractivity contribution is -0.138. The first-order chi connectivity index (χ1) is 17.2. The third-order valence-electron chi connectivity index (χ3n) is 5.96. The van der Waals surface area contributed by atoms with Crippen molar-refractivity contribution in [1.82, 2.24) is 15.1 Å². The molecule has 10 heteroatoms. The Kier molecular flexibility index (Phi) is 8.23. The molecule has 8 nitrogen and oxygen atoms in total. The Hall–Kier alpha value is -3.01. The number of hydrogen-bond donors (Lipinski definition) is 1. The quantitative estimate of drug-likeness (QED) is 0.377. The van der Waals surface area contributed by atoms with Crippen LogP contribution in [-0.4, -0.2) is 65.4 Å². The predicted octanol–water partition coefficient (Wildman–Crippen LogP) is 4.93. The average Bonchev–Trinajstić information content (AvgIpc) is 3.51. The number of carbonyl (C=O) groups is 2. The van der Waals surface area contributed by atoms with Crippen LogP contribution in [0.3, 0.4) is 0 Å². The second-order valence-corrected chi connectivity index (χ2v) is 10.5. The van der Waals surface area contributed by atoms with Gasteiger partial charge < -0.3 is 9.84 Å². The molecular weight excluding hydrogens is 500 g/mol. The van der Waals surface area contributed by atoms with E-state index in [0.29, 0.717) is 41.3 Å². The smallest absolute Gasteiger partial charge is 0.317 e. The molecule has 1 amide bonds. The minimum absolute atomic E-state index is 0.0314. The molecule has 4 rings (SSSR count). The normalized spacial score (nSPS) is 13.1. The molecule has 0 unspecified atom stereocenters. The summed E-state index contributed by atoms with van der Waals surface area (Å²) < 4.78 is 5.96. The fraction of sp³-hybridized carbons (Fsp3) is 0.385. The minimum Gasteiger partial charge on any atom is -0.492 e. The third kappa shape index (κ3) is 6.40. The Morgan fingerprint density at radius 3 is 2.50 bits per heavy atom. The van der Waals surface area contributed by atoms with E-state index >= 15 is 0 Å². The van der Waals surface area contributed by atoms with Gasteiger partial charge in [-0.1, -0.05) is 35.1 Å². The van der Waals surface area contributed by atoms with Crippen LogP contribution in [0.1, 0.15) is 34.3 Å². The van der Waals surface area contributed by atoms with Gasteiger partial charge in [0.1, 0.15) is 17.4 Å². The van der Waals surface area contributed by atoms with Crippen LogP contribution in [0.15, 0.2) is 36.4 Å². The van der Waals surface area contributed by atoms with E-state index in [1.165, 1.54) is 11.3 Å². The number of carbonyl (C=O) groups excluding carboxylic acids is 1. The largest absolute Gasteiger partial charge is 0.492 e. The van der Waals surface area contributed by atoms with E-state index in [0.717, 1.165) is 40.3 Å². The average molecular weight is 529 g/mol. The van der Waals surface area contributed by atoms with Crippen LogP contribution in [0.4, 0.5) is 5.13 Å². The molecule has 1 heterocycles. The summed E-state index contributed by atoms with van der Waals surface area (Å²) in [5, 5.41) is 19.4. The van der Waals surface area contributed by atoms with E-state index in [-0.39, 0.29) is 12.5 Å². The standard InChI is InChI=1S/C26H29ClN4O4S/c1-16-12-19(13-17(2)23(16)35-11-10-30(3)15-22(32)33)24-28-29-26(36-24)31(14-18-8-9-18)25(34)20-6-4-5-7-21(20)27/h4-7,12-13,18H,8-11,14-15H2,1-3H3,(H,32,33). The molecule has 0 atom stereocenters. The van der Waals surface area contributed by atoms with E-state index < -0.39 is 5.97 Å². The first-order valence-electron chi connectivity index (χ1n) is 11.8. The SMILES string of the molecule is Cc1cc(-c2nnc(N(CC3CC3)C(=O)c3ccccc3Cl)s2)cc(C)c1OCCN(C)CC(=O)O. The van der Waals surface area contributed by atoms with Gasteiger partial charge in [0, 0.05) is 18.7 Å². The van der Waals surface area contributed by atoms with Crippen molar-refractivity contribution in [3.8, 4) is 16.3 Å². The van der Waals surface area contributed by atoms with Gasteiger partial charge in [0.15, 0.2) is 0 Å². The van der Waals surface area contributed by atoms with E-state index in [1.807, 2.05) is 26.0 Å². The molecule has 1 fully saturated rings. The molecule has 1 aliphatic carbocycles. The van der Waals surface area contributed by atoms with Crippen molar-refractivity contribution in [3.63, 3.8) is 0 Å². The van der Waals surface area contributed by atoms with Gasteiger partial charge in [-0.2, -0.15) is 0 Å². The maximum atomic E-state index is 13.4. The lowest BCUT2D eigenvalue weighted by Gasteiger charge is -2.19. The molecule has 2 aromatic carbocycles. The number of aromatic nitrogens is 2. The summed E-state index contributed by atoms with van der Waals surface area (Å²) in [6.45, 7) is 5.39. The minimum atomic E-state index is -0.866. The highest BCUT2D eigenvalue weighted by atomic mass is 35.5. The second-order valence-electron chi connectivity index (χ2n) is 9.15. The Morgan fingerprint density at radius 1 is 1.17 bits per heavy atom. The molecule has 0 aliphatic heterocycles. The Morgan fingerprint density at radius 2 is 1.86 bits per heavy atom. The second kappa shape index (κ2) is 11.4. The van der Waals surface area contributed by atoms with Crippen LogP contribution in [0, 0.1) is 19.8 Å². The molecule has 1 aliphatic rings. The summed E-state index contributed by atoms with van der Waals surface area (Å²) in [6, 6.07) is 11.1. The van der Waals surface area contributed by atoms with Crippen LogP contribution >= 0.6 is 22.9 Å². The number of rotatable bonds is 11. The number of carboxylic acids is 1. The molecule has 1 saturated carbocycles. The zero-order chi connectivity index (χ0) is 25.8. The summed E-state index contributed by atoms with van der Waals surface area (Å²) in [7, 11) is 1.75. The van der Waals surface area contributed by atoms with Crippen molar-refractivity contribution < 1.29 is 19.4 Å².